The van der Waals surface area contributed by atoms with E-state index in [1.165, 1.54) is 0 Å². The van der Waals surface area contributed by atoms with Crippen LogP contribution in [0.2, 0.25) is 0 Å². The Labute approximate surface area is 129 Å². The van der Waals surface area contributed by atoms with Gasteiger partial charge in [0.25, 0.3) is 0 Å². The second-order valence-corrected chi connectivity index (χ2v) is 5.88. The number of aromatic nitrogens is 1. The van der Waals surface area contributed by atoms with Crippen molar-refractivity contribution in [1.29, 1.82) is 0 Å². The maximum absolute atomic E-state index is 12.1. The van der Waals surface area contributed by atoms with Crippen molar-refractivity contribution in [1.82, 2.24) is 15.2 Å². The molecular formula is C13H20N3O2Pb. The number of aromatic amines is 1. The van der Waals surface area contributed by atoms with Crippen molar-refractivity contribution in [3.63, 3.8) is 0 Å². The number of nitrogens with one attached hydrogen (secondary N) is 2. The molecule has 0 fully saturated rings. The fourth-order valence-corrected chi connectivity index (χ4v) is 3.92. The van der Waals surface area contributed by atoms with Gasteiger partial charge in [-0.2, -0.15) is 0 Å². The van der Waals surface area contributed by atoms with Crippen molar-refractivity contribution in [2.45, 2.75) is 12.5 Å². The summed E-state index contributed by atoms with van der Waals surface area (Å²) in [6, 6.07) is 1.73. The Bertz CT molecular complexity index is 463. The maximum atomic E-state index is 12.1. The minimum absolute atomic E-state index is 0.114. The first-order chi connectivity index (χ1) is 9.27. The predicted octanol–water partition coefficient (Wildman–Crippen LogP) is -0.364. The zero-order chi connectivity index (χ0) is 13.7. The van der Waals surface area contributed by atoms with Crippen LogP contribution in [0, 0.1) is 0 Å². The first kappa shape index (κ1) is 15.1. The Morgan fingerprint density at radius 2 is 2.47 bits per heavy atom. The molecule has 1 aliphatic heterocycles. The molecule has 2 N–H and O–H groups in total. The molecule has 2 heterocycles. The molecule has 3 radical (unpaired) electrons. The molecule has 1 unspecified atom stereocenters. The van der Waals surface area contributed by atoms with Crippen LogP contribution >= 0.6 is 0 Å². The minimum atomic E-state index is 0.114. The van der Waals surface area contributed by atoms with E-state index in [-0.39, 0.29) is 11.5 Å². The molecule has 0 saturated heterocycles. The van der Waals surface area contributed by atoms with Gasteiger partial charge in [0, 0.05) is 0 Å². The molecule has 0 saturated carbocycles. The van der Waals surface area contributed by atoms with Gasteiger partial charge in [-0.15, -0.1) is 0 Å². The Kier molecular flexibility index (Phi) is 5.99. The standard InChI is InChI=1S/C13H20N3O2.Pb/c1-14-6-8-18-9-11-13-10(4-7-16(11)2)15-5-3-12(13)17;/h3,5,11,14H,2,4,6-9H2,1H3,(H,15,17);. The van der Waals surface area contributed by atoms with Gasteiger partial charge in [-0.1, -0.05) is 0 Å². The summed E-state index contributed by atoms with van der Waals surface area (Å²) < 4.78 is 6.79. The van der Waals surface area contributed by atoms with Crippen LogP contribution in [-0.4, -0.2) is 73.1 Å². The average Bonchev–Trinajstić information content (AvgIpc) is 2.43. The summed E-state index contributed by atoms with van der Waals surface area (Å²) in [5, 5.41) is 3.06. The zero-order valence-electron chi connectivity index (χ0n) is 11.2. The fourth-order valence-electron chi connectivity index (χ4n) is 2.45. The summed E-state index contributed by atoms with van der Waals surface area (Å²) in [5.41, 5.74) is 2.13. The van der Waals surface area contributed by atoms with E-state index in [9.17, 15) is 4.79 Å². The summed E-state index contributed by atoms with van der Waals surface area (Å²) in [6.07, 6.45) is 2.68. The number of ether oxygens (including phenoxy) is 1. The van der Waals surface area contributed by atoms with E-state index in [4.69, 9.17) is 4.74 Å². The molecule has 0 amide bonds. The molecule has 19 heavy (non-hydrogen) atoms. The van der Waals surface area contributed by atoms with Crippen molar-refractivity contribution < 1.29 is 4.74 Å². The topological polar surface area (TPSA) is 57.4 Å². The quantitative estimate of drug-likeness (QED) is 0.453. The predicted molar refractivity (Wildman–Crippen MR) is 75.6 cm³/mol. The van der Waals surface area contributed by atoms with Gasteiger partial charge in [0.1, 0.15) is 0 Å². The summed E-state index contributed by atoms with van der Waals surface area (Å²) in [4.78, 5) is 17.7. The number of H-pyrrole nitrogens is 1. The molecule has 0 aliphatic carbocycles. The third-order valence-corrected chi connectivity index (χ3v) is 5.06. The number of hydrogen-bond donors (Lipinski definition) is 2. The number of likely N-dealkylation sites (N-methyl/N-ethyl adjacent to an activating group) is 1. The van der Waals surface area contributed by atoms with Gasteiger partial charge >= 0.3 is 129 Å². The first-order valence-corrected chi connectivity index (χ1v) is 9.34. The van der Waals surface area contributed by atoms with Crippen LogP contribution in [-0.2, 0) is 11.2 Å². The number of pyridine rings is 1. The number of nitrogens with zero attached hydrogens (tertiary/aromatic N) is 1. The molecule has 0 spiro atoms. The third-order valence-electron chi connectivity index (χ3n) is 3.48. The van der Waals surface area contributed by atoms with Gasteiger partial charge in [0.05, 0.1) is 0 Å². The molecular weight excluding hydrogens is 437 g/mol. The van der Waals surface area contributed by atoms with Crippen LogP contribution < -0.4 is 10.7 Å². The molecule has 2 rings (SSSR count). The van der Waals surface area contributed by atoms with E-state index in [1.807, 2.05) is 7.05 Å². The van der Waals surface area contributed by atoms with Crippen LogP contribution in [0.15, 0.2) is 17.1 Å². The Balaban J connectivity index is 2.16. The average molecular weight is 458 g/mol. The van der Waals surface area contributed by atoms with Crippen LogP contribution in [0.3, 0.4) is 0 Å². The molecule has 1 aromatic heterocycles. The van der Waals surface area contributed by atoms with E-state index in [0.717, 1.165) is 60.6 Å². The molecule has 0 bridgehead atoms. The zero-order valence-corrected chi connectivity index (χ0v) is 15.1. The molecule has 6 heteroatoms. The molecule has 0 aromatic carbocycles. The van der Waals surface area contributed by atoms with Crippen molar-refractivity contribution >= 4 is 25.8 Å². The van der Waals surface area contributed by atoms with E-state index in [1.54, 1.807) is 12.3 Å². The van der Waals surface area contributed by atoms with E-state index in [0.29, 0.717) is 13.2 Å². The SMILES string of the molecule is CNCCOCC1c2c([nH]ccc2=O)CCN1[CH2][Pb]. The summed E-state index contributed by atoms with van der Waals surface area (Å²) in [6.45, 7) is 3.13. The van der Waals surface area contributed by atoms with E-state index in [2.05, 4.69) is 15.2 Å². The van der Waals surface area contributed by atoms with Crippen molar-refractivity contribution in [3.8, 4) is 0 Å². The number of fused-ring (bicyclic) bond motifs is 1. The Morgan fingerprint density at radius 1 is 1.63 bits per heavy atom. The first-order valence-electron chi connectivity index (χ1n) is 6.59. The van der Waals surface area contributed by atoms with E-state index < -0.39 is 0 Å². The van der Waals surface area contributed by atoms with E-state index >= 15 is 0 Å². The number of rotatable bonds is 6. The van der Waals surface area contributed by atoms with Crippen LogP contribution in [0.4, 0.5) is 0 Å². The molecule has 1 aliphatic rings. The van der Waals surface area contributed by atoms with Crippen molar-refractivity contribution in [2.75, 3.05) is 37.5 Å². The van der Waals surface area contributed by atoms with Crippen LogP contribution in [0.25, 0.3) is 0 Å². The van der Waals surface area contributed by atoms with Gasteiger partial charge in [-0.3, -0.25) is 0 Å². The molecule has 5 nitrogen and oxygen atoms in total. The second-order valence-electron chi connectivity index (χ2n) is 4.65. The molecule has 1 atom stereocenters. The monoisotopic (exact) mass is 458 g/mol. The summed E-state index contributed by atoms with van der Waals surface area (Å²) >= 11 is 1.11. The van der Waals surface area contributed by atoms with Gasteiger partial charge < -0.3 is 0 Å². The van der Waals surface area contributed by atoms with Gasteiger partial charge in [0.2, 0.25) is 0 Å². The van der Waals surface area contributed by atoms with Crippen molar-refractivity contribution in [3.05, 3.63) is 33.7 Å². The Hall–Kier alpha value is -0.248. The third kappa shape index (κ3) is 3.65. The Morgan fingerprint density at radius 3 is 3.21 bits per heavy atom. The van der Waals surface area contributed by atoms with Gasteiger partial charge in [-0.25, -0.2) is 0 Å². The van der Waals surface area contributed by atoms with Gasteiger partial charge in [-0.05, 0) is 0 Å². The normalized spacial score (nSPS) is 19.4. The fraction of sp³-hybridized carbons (Fsp3) is 0.615. The summed E-state index contributed by atoms with van der Waals surface area (Å²) in [5.74, 6) is 0. The number of hydrogen-bond acceptors (Lipinski definition) is 4. The second kappa shape index (κ2) is 7.51. The molecule has 1 aromatic rings. The molecule has 103 valence electrons. The van der Waals surface area contributed by atoms with Crippen LogP contribution in [0.5, 0.6) is 0 Å². The van der Waals surface area contributed by atoms with Crippen molar-refractivity contribution in [2.24, 2.45) is 0 Å². The van der Waals surface area contributed by atoms with Gasteiger partial charge in [0.15, 0.2) is 0 Å². The van der Waals surface area contributed by atoms with Crippen LogP contribution in [0.1, 0.15) is 17.3 Å². The summed E-state index contributed by atoms with van der Waals surface area (Å²) in [7, 11) is 1.91.